The molecule has 3 atom stereocenters. The number of carboxylic acid groups (broad SMARTS) is 1. The number of aliphatic carboxylic acids is 1. The van der Waals surface area contributed by atoms with E-state index in [0.29, 0.717) is 6.42 Å². The third-order valence-electron chi connectivity index (χ3n) is 7.49. The Balaban J connectivity index is 1.20. The van der Waals surface area contributed by atoms with Crippen LogP contribution in [0, 0.1) is 11.8 Å². The van der Waals surface area contributed by atoms with Crippen LogP contribution in [0.2, 0.25) is 0 Å². The molecule has 2 aromatic carbocycles. The first-order chi connectivity index (χ1) is 16.9. The van der Waals surface area contributed by atoms with Crippen LogP contribution in [0.3, 0.4) is 0 Å². The molecule has 8 nitrogen and oxygen atoms in total. The quantitative estimate of drug-likeness (QED) is 0.537. The van der Waals surface area contributed by atoms with Gasteiger partial charge in [0.25, 0.3) is 0 Å². The van der Waals surface area contributed by atoms with Gasteiger partial charge in [0.15, 0.2) is 0 Å². The van der Waals surface area contributed by atoms with E-state index in [-0.39, 0.29) is 43.6 Å². The average Bonchev–Trinajstić information content (AvgIpc) is 3.53. The summed E-state index contributed by atoms with van der Waals surface area (Å²) in [6, 6.07) is 16.3. The molecule has 0 spiro atoms. The fourth-order valence-electron chi connectivity index (χ4n) is 5.26. The van der Waals surface area contributed by atoms with Gasteiger partial charge in [0.05, 0.1) is 18.6 Å². The zero-order chi connectivity index (χ0) is 24.6. The zero-order valence-electron chi connectivity index (χ0n) is 19.7. The van der Waals surface area contributed by atoms with Crippen LogP contribution < -0.4 is 10.6 Å². The molecule has 8 heteroatoms. The Morgan fingerprint density at radius 2 is 1.69 bits per heavy atom. The first kappa shape index (κ1) is 23.4. The number of amides is 2. The maximum absolute atomic E-state index is 13.1. The maximum Gasteiger partial charge on any atom is 0.408 e. The molecule has 2 aliphatic carbocycles. The third-order valence-corrected chi connectivity index (χ3v) is 7.49. The van der Waals surface area contributed by atoms with E-state index >= 15 is 0 Å². The average molecular weight is 479 g/mol. The SMILES string of the molecule is CC(NC(=O)OCC1c2ccccc2-c2ccccc21)(C(=O)NCC1CC(C(=O)O)CO1)C1CC1. The van der Waals surface area contributed by atoms with Gasteiger partial charge in [-0.15, -0.1) is 0 Å². The number of carboxylic acids is 1. The highest BCUT2D eigenvalue weighted by Gasteiger charge is 2.49. The van der Waals surface area contributed by atoms with Crippen molar-refractivity contribution in [3.63, 3.8) is 0 Å². The molecule has 3 unspecified atom stereocenters. The van der Waals surface area contributed by atoms with Crippen LogP contribution in [-0.2, 0) is 19.1 Å². The molecule has 0 radical (unpaired) electrons. The highest BCUT2D eigenvalue weighted by molar-refractivity contribution is 5.90. The Kier molecular flexibility index (Phi) is 6.23. The van der Waals surface area contributed by atoms with Gasteiger partial charge < -0.3 is 25.2 Å². The van der Waals surface area contributed by atoms with Gasteiger partial charge in [-0.3, -0.25) is 9.59 Å². The standard InChI is InChI=1S/C27H30N2O6/c1-27(17-10-11-17,25(32)28-13-18-12-16(14-34-18)24(30)31)29-26(33)35-15-23-21-8-4-2-6-19(21)20-7-3-5-9-22(20)23/h2-9,16-18,23H,10-15H2,1H3,(H,28,32)(H,29,33)(H,30,31). The summed E-state index contributed by atoms with van der Waals surface area (Å²) in [5.74, 6) is -1.78. The van der Waals surface area contributed by atoms with Gasteiger partial charge in [0.2, 0.25) is 5.91 Å². The maximum atomic E-state index is 13.1. The first-order valence-corrected chi connectivity index (χ1v) is 12.1. The number of benzene rings is 2. The normalized spacial score (nSPS) is 22.5. The van der Waals surface area contributed by atoms with Crippen molar-refractivity contribution in [3.8, 4) is 11.1 Å². The summed E-state index contributed by atoms with van der Waals surface area (Å²) < 4.78 is 11.2. The second-order valence-electron chi connectivity index (χ2n) is 9.86. The van der Waals surface area contributed by atoms with Crippen molar-refractivity contribution >= 4 is 18.0 Å². The molecule has 1 aliphatic heterocycles. The van der Waals surface area contributed by atoms with Crippen LogP contribution in [0.5, 0.6) is 0 Å². The summed E-state index contributed by atoms with van der Waals surface area (Å²) in [7, 11) is 0. The predicted octanol–water partition coefficient (Wildman–Crippen LogP) is 3.30. The van der Waals surface area contributed by atoms with Crippen molar-refractivity contribution in [2.75, 3.05) is 19.8 Å². The fraction of sp³-hybridized carbons (Fsp3) is 0.444. The van der Waals surface area contributed by atoms with Crippen molar-refractivity contribution in [2.45, 2.75) is 43.7 Å². The molecule has 3 aliphatic rings. The lowest BCUT2D eigenvalue weighted by atomic mass is 9.94. The lowest BCUT2D eigenvalue weighted by Crippen LogP contribution is -2.59. The molecule has 5 rings (SSSR count). The van der Waals surface area contributed by atoms with E-state index in [2.05, 4.69) is 34.9 Å². The van der Waals surface area contributed by atoms with Crippen LogP contribution in [0.4, 0.5) is 4.79 Å². The molecule has 184 valence electrons. The van der Waals surface area contributed by atoms with Crippen LogP contribution in [0.1, 0.15) is 43.2 Å². The summed E-state index contributed by atoms with van der Waals surface area (Å²) in [6.45, 7) is 2.25. The number of hydrogen-bond acceptors (Lipinski definition) is 5. The monoisotopic (exact) mass is 478 g/mol. The summed E-state index contributed by atoms with van der Waals surface area (Å²) in [6.07, 6.45) is 1.07. The molecule has 2 aromatic rings. The number of carbonyl (C=O) groups is 3. The van der Waals surface area contributed by atoms with Crippen LogP contribution in [0.25, 0.3) is 11.1 Å². The molecular weight excluding hydrogens is 448 g/mol. The van der Waals surface area contributed by atoms with Crippen molar-refractivity contribution in [1.82, 2.24) is 10.6 Å². The van der Waals surface area contributed by atoms with Gasteiger partial charge >= 0.3 is 12.1 Å². The molecule has 0 bridgehead atoms. The highest BCUT2D eigenvalue weighted by atomic mass is 16.5. The Bertz CT molecular complexity index is 1100. The number of fused-ring (bicyclic) bond motifs is 3. The first-order valence-electron chi connectivity index (χ1n) is 12.1. The van der Waals surface area contributed by atoms with Crippen molar-refractivity contribution < 1.29 is 29.0 Å². The molecule has 35 heavy (non-hydrogen) atoms. The summed E-state index contributed by atoms with van der Waals surface area (Å²) in [5, 5.41) is 14.8. The van der Waals surface area contributed by atoms with Gasteiger partial charge in [-0.2, -0.15) is 0 Å². The predicted molar refractivity (Wildman–Crippen MR) is 128 cm³/mol. The van der Waals surface area contributed by atoms with Gasteiger partial charge in [0.1, 0.15) is 12.1 Å². The number of rotatable bonds is 8. The molecule has 1 saturated carbocycles. The van der Waals surface area contributed by atoms with E-state index in [1.54, 1.807) is 6.92 Å². The Labute approximate surface area is 204 Å². The molecule has 1 heterocycles. The molecule has 0 aromatic heterocycles. The number of alkyl carbamates (subject to hydrolysis) is 1. The number of ether oxygens (including phenoxy) is 2. The van der Waals surface area contributed by atoms with Crippen LogP contribution in [0.15, 0.2) is 48.5 Å². The van der Waals surface area contributed by atoms with E-state index in [0.717, 1.165) is 35.1 Å². The summed E-state index contributed by atoms with van der Waals surface area (Å²) in [4.78, 5) is 37.1. The molecule has 2 amide bonds. The number of carbonyl (C=O) groups excluding carboxylic acids is 2. The Hall–Kier alpha value is -3.39. The van der Waals surface area contributed by atoms with Crippen LogP contribution >= 0.6 is 0 Å². The van der Waals surface area contributed by atoms with Crippen molar-refractivity contribution in [1.29, 1.82) is 0 Å². The lowest BCUT2D eigenvalue weighted by molar-refractivity contribution is -0.141. The minimum absolute atomic E-state index is 0.0271. The second kappa shape index (κ2) is 9.34. The van der Waals surface area contributed by atoms with Gasteiger partial charge in [-0.25, -0.2) is 4.79 Å². The van der Waals surface area contributed by atoms with Gasteiger partial charge in [-0.05, 0) is 54.4 Å². The smallest absolute Gasteiger partial charge is 0.408 e. The third kappa shape index (κ3) is 4.62. The summed E-state index contributed by atoms with van der Waals surface area (Å²) in [5.41, 5.74) is 3.45. The summed E-state index contributed by atoms with van der Waals surface area (Å²) >= 11 is 0. The molecule has 1 saturated heterocycles. The Morgan fingerprint density at radius 3 is 2.26 bits per heavy atom. The van der Waals surface area contributed by atoms with Crippen LogP contribution in [-0.4, -0.2) is 54.5 Å². The highest BCUT2D eigenvalue weighted by Crippen LogP contribution is 2.44. The second-order valence-corrected chi connectivity index (χ2v) is 9.86. The fourth-order valence-corrected chi connectivity index (χ4v) is 5.26. The van der Waals surface area contributed by atoms with E-state index < -0.39 is 23.5 Å². The van der Waals surface area contributed by atoms with Crippen molar-refractivity contribution in [2.24, 2.45) is 11.8 Å². The topological polar surface area (TPSA) is 114 Å². The Morgan fingerprint density at radius 1 is 1.06 bits per heavy atom. The van der Waals surface area contributed by atoms with Gasteiger partial charge in [-0.1, -0.05) is 48.5 Å². The van der Waals surface area contributed by atoms with E-state index in [1.165, 1.54) is 0 Å². The van der Waals surface area contributed by atoms with E-state index in [4.69, 9.17) is 14.6 Å². The zero-order valence-corrected chi connectivity index (χ0v) is 19.7. The lowest BCUT2D eigenvalue weighted by Gasteiger charge is -2.30. The van der Waals surface area contributed by atoms with Gasteiger partial charge in [0, 0.05) is 12.5 Å². The van der Waals surface area contributed by atoms with Crippen molar-refractivity contribution in [3.05, 3.63) is 59.7 Å². The number of nitrogens with one attached hydrogen (secondary N) is 2. The molecule has 2 fully saturated rings. The largest absolute Gasteiger partial charge is 0.481 e. The molecule has 3 N–H and O–H groups in total. The minimum Gasteiger partial charge on any atom is -0.481 e. The molecular formula is C27H30N2O6. The minimum atomic E-state index is -1.10. The van der Waals surface area contributed by atoms with E-state index in [1.807, 2.05) is 24.3 Å². The number of hydrogen-bond donors (Lipinski definition) is 3. The van der Waals surface area contributed by atoms with E-state index in [9.17, 15) is 14.4 Å².